The number of halogens is 1. The Kier molecular flexibility index (Phi) is 4.18. The van der Waals surface area contributed by atoms with Crippen molar-refractivity contribution in [3.8, 4) is 22.4 Å². The van der Waals surface area contributed by atoms with E-state index in [1.165, 1.54) is 0 Å². The molecule has 2 heterocycles. The Labute approximate surface area is 172 Å². The second-order valence-corrected chi connectivity index (χ2v) is 7.49. The Morgan fingerprint density at radius 2 is 1.62 bits per heavy atom. The van der Waals surface area contributed by atoms with E-state index >= 15 is 0 Å². The summed E-state index contributed by atoms with van der Waals surface area (Å²) in [5, 5.41) is 2.72. The summed E-state index contributed by atoms with van der Waals surface area (Å²) >= 11 is 6.22. The van der Waals surface area contributed by atoms with Crippen molar-refractivity contribution in [1.29, 1.82) is 0 Å². The lowest BCUT2D eigenvalue weighted by Crippen LogP contribution is -2.15. The summed E-state index contributed by atoms with van der Waals surface area (Å²) in [7, 11) is 1.80. The standard InChI is InChI=1S/C25H17ClN2O/c1-28-23-12-11-21-25(19(23)10-13-24(28)29)20(16-6-3-2-4-7-16)15-22(27-21)17-8-5-9-18(26)14-17/h2-15H,1H3. The largest absolute Gasteiger partial charge is 0.311 e. The van der Waals surface area contributed by atoms with Gasteiger partial charge in [-0.25, -0.2) is 4.98 Å². The van der Waals surface area contributed by atoms with E-state index < -0.39 is 0 Å². The van der Waals surface area contributed by atoms with Gasteiger partial charge in [-0.05, 0) is 47.5 Å². The van der Waals surface area contributed by atoms with Gasteiger partial charge in [-0.2, -0.15) is 0 Å². The molecule has 0 bridgehead atoms. The SMILES string of the molecule is Cn1c(=O)ccc2c3c(-c4ccccc4)cc(-c4cccc(Cl)c4)nc3ccc21. The minimum atomic E-state index is -0.0263. The number of benzene rings is 3. The molecule has 0 radical (unpaired) electrons. The highest BCUT2D eigenvalue weighted by molar-refractivity contribution is 6.30. The fourth-order valence-electron chi connectivity index (χ4n) is 3.83. The van der Waals surface area contributed by atoms with E-state index in [4.69, 9.17) is 16.6 Å². The summed E-state index contributed by atoms with van der Waals surface area (Å²) in [6.07, 6.45) is 0. The van der Waals surface area contributed by atoms with Gasteiger partial charge >= 0.3 is 0 Å². The Morgan fingerprint density at radius 1 is 0.828 bits per heavy atom. The molecule has 0 aliphatic carbocycles. The molecule has 0 N–H and O–H groups in total. The number of pyridine rings is 2. The summed E-state index contributed by atoms with van der Waals surface area (Å²) in [6.45, 7) is 0. The van der Waals surface area contributed by atoms with E-state index in [0.717, 1.165) is 44.2 Å². The molecular weight excluding hydrogens is 380 g/mol. The molecule has 0 aliphatic rings. The predicted octanol–water partition coefficient (Wildman–Crippen LogP) is 6.07. The van der Waals surface area contributed by atoms with Crippen molar-refractivity contribution in [2.75, 3.05) is 0 Å². The number of fused-ring (bicyclic) bond motifs is 3. The number of hydrogen-bond acceptors (Lipinski definition) is 2. The van der Waals surface area contributed by atoms with Crippen molar-refractivity contribution in [2.24, 2.45) is 7.05 Å². The first-order valence-electron chi connectivity index (χ1n) is 9.37. The molecule has 0 spiro atoms. The molecule has 4 heteroatoms. The van der Waals surface area contributed by atoms with Crippen LogP contribution in [0.15, 0.2) is 89.7 Å². The average Bonchev–Trinajstić information content (AvgIpc) is 2.76. The minimum Gasteiger partial charge on any atom is -0.311 e. The van der Waals surface area contributed by atoms with Gasteiger partial charge in [0.2, 0.25) is 0 Å². The lowest BCUT2D eigenvalue weighted by molar-refractivity contribution is 0.907. The second-order valence-electron chi connectivity index (χ2n) is 7.05. The van der Waals surface area contributed by atoms with Crippen LogP contribution in [-0.4, -0.2) is 9.55 Å². The zero-order chi connectivity index (χ0) is 20.0. The molecule has 140 valence electrons. The summed E-state index contributed by atoms with van der Waals surface area (Å²) < 4.78 is 1.68. The lowest BCUT2D eigenvalue weighted by Gasteiger charge is -2.14. The lowest BCUT2D eigenvalue weighted by atomic mass is 9.95. The van der Waals surface area contributed by atoms with Gasteiger partial charge in [0.15, 0.2) is 0 Å². The van der Waals surface area contributed by atoms with Gasteiger partial charge in [0, 0.05) is 34.5 Å². The van der Waals surface area contributed by atoms with Crippen molar-refractivity contribution >= 4 is 33.4 Å². The van der Waals surface area contributed by atoms with Crippen LogP contribution in [0, 0.1) is 0 Å². The van der Waals surface area contributed by atoms with E-state index in [1.54, 1.807) is 17.7 Å². The molecule has 0 atom stereocenters. The molecule has 29 heavy (non-hydrogen) atoms. The third-order valence-corrected chi connectivity index (χ3v) is 5.52. The maximum Gasteiger partial charge on any atom is 0.250 e. The van der Waals surface area contributed by atoms with Crippen LogP contribution >= 0.6 is 11.6 Å². The van der Waals surface area contributed by atoms with E-state index in [2.05, 4.69) is 18.2 Å². The number of rotatable bonds is 2. The fourth-order valence-corrected chi connectivity index (χ4v) is 4.02. The molecule has 5 aromatic rings. The average molecular weight is 397 g/mol. The summed E-state index contributed by atoms with van der Waals surface area (Å²) in [5.74, 6) is 0. The Morgan fingerprint density at radius 3 is 2.41 bits per heavy atom. The number of nitrogens with zero attached hydrogens (tertiary/aromatic N) is 2. The minimum absolute atomic E-state index is 0.0263. The van der Waals surface area contributed by atoms with Gasteiger partial charge in [-0.1, -0.05) is 54.1 Å². The van der Waals surface area contributed by atoms with Crippen LogP contribution in [0.2, 0.25) is 5.02 Å². The topological polar surface area (TPSA) is 34.9 Å². The molecule has 0 amide bonds. The Balaban J connectivity index is 1.93. The van der Waals surface area contributed by atoms with E-state index in [0.29, 0.717) is 5.02 Å². The highest BCUT2D eigenvalue weighted by Crippen LogP contribution is 2.36. The molecule has 0 fully saturated rings. The molecule has 3 aromatic carbocycles. The predicted molar refractivity (Wildman–Crippen MR) is 120 cm³/mol. The zero-order valence-electron chi connectivity index (χ0n) is 15.8. The van der Waals surface area contributed by atoms with Crippen molar-refractivity contribution in [3.05, 3.63) is 100 Å². The normalized spacial score (nSPS) is 11.2. The summed E-state index contributed by atoms with van der Waals surface area (Å²) in [6, 6.07) is 27.5. The van der Waals surface area contributed by atoms with Crippen molar-refractivity contribution < 1.29 is 0 Å². The van der Waals surface area contributed by atoms with Crippen LogP contribution in [0.4, 0.5) is 0 Å². The van der Waals surface area contributed by atoms with E-state index in [1.807, 2.05) is 60.7 Å². The van der Waals surface area contributed by atoms with E-state index in [-0.39, 0.29) is 5.56 Å². The highest BCUT2D eigenvalue weighted by atomic mass is 35.5. The number of aromatic nitrogens is 2. The maximum absolute atomic E-state index is 12.1. The van der Waals surface area contributed by atoms with Crippen LogP contribution < -0.4 is 5.56 Å². The van der Waals surface area contributed by atoms with Crippen LogP contribution in [0.1, 0.15) is 0 Å². The van der Waals surface area contributed by atoms with Gasteiger partial charge in [-0.15, -0.1) is 0 Å². The van der Waals surface area contributed by atoms with Crippen molar-refractivity contribution in [2.45, 2.75) is 0 Å². The van der Waals surface area contributed by atoms with Gasteiger partial charge in [0.05, 0.1) is 16.7 Å². The van der Waals surface area contributed by atoms with Gasteiger partial charge in [0.1, 0.15) is 0 Å². The monoisotopic (exact) mass is 396 g/mol. The summed E-state index contributed by atoms with van der Waals surface area (Å²) in [4.78, 5) is 17.1. The molecular formula is C25H17ClN2O. The maximum atomic E-state index is 12.1. The molecule has 3 nitrogen and oxygen atoms in total. The Hall–Kier alpha value is -3.43. The second kappa shape index (κ2) is 6.87. The van der Waals surface area contributed by atoms with Gasteiger partial charge < -0.3 is 4.57 Å². The van der Waals surface area contributed by atoms with Crippen molar-refractivity contribution in [3.63, 3.8) is 0 Å². The molecule has 5 rings (SSSR count). The first-order chi connectivity index (χ1) is 14.1. The van der Waals surface area contributed by atoms with Crippen LogP contribution in [0.25, 0.3) is 44.2 Å². The van der Waals surface area contributed by atoms with Crippen LogP contribution in [0.5, 0.6) is 0 Å². The van der Waals surface area contributed by atoms with Crippen molar-refractivity contribution in [1.82, 2.24) is 9.55 Å². The van der Waals surface area contributed by atoms with E-state index in [9.17, 15) is 4.79 Å². The fraction of sp³-hybridized carbons (Fsp3) is 0.0400. The highest BCUT2D eigenvalue weighted by Gasteiger charge is 2.14. The van der Waals surface area contributed by atoms with Crippen LogP contribution in [0.3, 0.4) is 0 Å². The molecule has 0 saturated carbocycles. The third-order valence-electron chi connectivity index (χ3n) is 5.28. The number of aryl methyl sites for hydroxylation is 1. The first kappa shape index (κ1) is 17.7. The zero-order valence-corrected chi connectivity index (χ0v) is 16.5. The summed E-state index contributed by atoms with van der Waals surface area (Å²) in [5.41, 5.74) is 5.76. The molecule has 2 aromatic heterocycles. The van der Waals surface area contributed by atoms with Gasteiger partial charge in [0.25, 0.3) is 5.56 Å². The third kappa shape index (κ3) is 3.00. The van der Waals surface area contributed by atoms with Crippen LogP contribution in [-0.2, 0) is 7.05 Å². The van der Waals surface area contributed by atoms with Gasteiger partial charge in [-0.3, -0.25) is 4.79 Å². The first-order valence-corrected chi connectivity index (χ1v) is 9.74. The molecule has 0 saturated heterocycles. The molecule has 0 unspecified atom stereocenters. The molecule has 0 aliphatic heterocycles. The quantitative estimate of drug-likeness (QED) is 0.339. The smallest absolute Gasteiger partial charge is 0.250 e. The Bertz CT molecular complexity index is 1440. The number of hydrogen-bond donors (Lipinski definition) is 0.